The predicted octanol–water partition coefficient (Wildman–Crippen LogP) is 1.13. The minimum Gasteiger partial charge on any atom is -0.322 e. The van der Waals surface area contributed by atoms with Crippen molar-refractivity contribution in [2.24, 2.45) is 11.7 Å². The third kappa shape index (κ3) is 1.98. The molecule has 0 saturated carbocycles. The second kappa shape index (κ2) is 3.44. The Bertz CT molecular complexity index is 208. The summed E-state index contributed by atoms with van der Waals surface area (Å²) < 4.78 is 0. The molecule has 1 unspecified atom stereocenters. The largest absolute Gasteiger partial charge is 0.322 e. The molecule has 0 aliphatic heterocycles. The fourth-order valence-electron chi connectivity index (χ4n) is 0.840. The Hall–Kier alpha value is -0.960. The Morgan fingerprint density at radius 3 is 2.64 bits per heavy atom. The van der Waals surface area contributed by atoms with E-state index in [4.69, 9.17) is 5.73 Å². The molecule has 1 atom stereocenters. The summed E-state index contributed by atoms with van der Waals surface area (Å²) in [6.07, 6.45) is 3.24. The zero-order valence-corrected chi connectivity index (χ0v) is 6.86. The van der Waals surface area contributed by atoms with Crippen LogP contribution in [-0.4, -0.2) is 9.97 Å². The molecule has 60 valence electrons. The molecule has 0 aliphatic carbocycles. The molecule has 1 aromatic rings. The van der Waals surface area contributed by atoms with E-state index in [0.717, 1.165) is 5.69 Å². The molecule has 0 amide bonds. The molecule has 0 radical (unpaired) electrons. The van der Waals surface area contributed by atoms with Gasteiger partial charge in [-0.15, -0.1) is 0 Å². The Morgan fingerprint density at radius 2 is 2.18 bits per heavy atom. The van der Waals surface area contributed by atoms with Crippen molar-refractivity contribution in [2.45, 2.75) is 19.9 Å². The second-order valence-electron chi connectivity index (χ2n) is 2.90. The number of nitrogens with zero attached hydrogens (tertiary/aromatic N) is 2. The quantitative estimate of drug-likeness (QED) is 0.689. The molecule has 0 fully saturated rings. The highest BCUT2D eigenvalue weighted by Crippen LogP contribution is 2.14. The van der Waals surface area contributed by atoms with E-state index in [9.17, 15) is 0 Å². The summed E-state index contributed by atoms with van der Waals surface area (Å²) in [5, 5.41) is 0. The van der Waals surface area contributed by atoms with Gasteiger partial charge in [-0.05, 0) is 12.0 Å². The van der Waals surface area contributed by atoms with E-state index in [1.165, 1.54) is 6.33 Å². The molecule has 1 heterocycles. The first-order valence-electron chi connectivity index (χ1n) is 3.73. The van der Waals surface area contributed by atoms with Crippen molar-refractivity contribution in [1.29, 1.82) is 0 Å². The van der Waals surface area contributed by atoms with E-state index < -0.39 is 0 Å². The lowest BCUT2D eigenvalue weighted by Gasteiger charge is -2.13. The number of hydrogen-bond acceptors (Lipinski definition) is 3. The van der Waals surface area contributed by atoms with E-state index in [0.29, 0.717) is 5.92 Å². The van der Waals surface area contributed by atoms with Gasteiger partial charge >= 0.3 is 0 Å². The minimum atomic E-state index is 0.0259. The lowest BCUT2D eigenvalue weighted by molar-refractivity contribution is 0.502. The van der Waals surface area contributed by atoms with Crippen molar-refractivity contribution < 1.29 is 0 Å². The van der Waals surface area contributed by atoms with Crippen LogP contribution in [0.5, 0.6) is 0 Å². The molecule has 0 bridgehead atoms. The van der Waals surface area contributed by atoms with Crippen LogP contribution in [0, 0.1) is 5.92 Å². The highest BCUT2D eigenvalue weighted by atomic mass is 14.8. The molecule has 1 aromatic heterocycles. The third-order valence-corrected chi connectivity index (χ3v) is 1.66. The molecule has 0 aromatic carbocycles. The van der Waals surface area contributed by atoms with E-state index in [1.807, 2.05) is 6.07 Å². The van der Waals surface area contributed by atoms with Crippen molar-refractivity contribution in [3.63, 3.8) is 0 Å². The van der Waals surface area contributed by atoms with Crippen molar-refractivity contribution in [3.05, 3.63) is 24.3 Å². The zero-order valence-electron chi connectivity index (χ0n) is 6.86. The lowest BCUT2D eigenvalue weighted by Crippen LogP contribution is -2.17. The lowest BCUT2D eigenvalue weighted by atomic mass is 10.0. The van der Waals surface area contributed by atoms with Crippen LogP contribution in [-0.2, 0) is 0 Å². The van der Waals surface area contributed by atoms with Crippen LogP contribution < -0.4 is 5.73 Å². The predicted molar refractivity (Wildman–Crippen MR) is 43.8 cm³/mol. The van der Waals surface area contributed by atoms with Gasteiger partial charge < -0.3 is 5.73 Å². The summed E-state index contributed by atoms with van der Waals surface area (Å²) in [7, 11) is 0. The third-order valence-electron chi connectivity index (χ3n) is 1.66. The van der Waals surface area contributed by atoms with E-state index >= 15 is 0 Å². The van der Waals surface area contributed by atoms with Gasteiger partial charge in [0.15, 0.2) is 0 Å². The Kier molecular flexibility index (Phi) is 2.54. The fourth-order valence-corrected chi connectivity index (χ4v) is 0.840. The maximum atomic E-state index is 5.85. The highest BCUT2D eigenvalue weighted by molar-refractivity contribution is 5.04. The first-order valence-corrected chi connectivity index (χ1v) is 3.73. The Morgan fingerprint density at radius 1 is 1.45 bits per heavy atom. The van der Waals surface area contributed by atoms with Crippen molar-refractivity contribution in [1.82, 2.24) is 9.97 Å². The summed E-state index contributed by atoms with van der Waals surface area (Å²) in [4.78, 5) is 7.88. The summed E-state index contributed by atoms with van der Waals surface area (Å²) in [6.45, 7) is 4.15. The van der Waals surface area contributed by atoms with Crippen molar-refractivity contribution in [2.75, 3.05) is 0 Å². The van der Waals surface area contributed by atoms with Crippen LogP contribution in [0.2, 0.25) is 0 Å². The Labute approximate surface area is 66.7 Å². The maximum absolute atomic E-state index is 5.85. The molecule has 3 heteroatoms. The zero-order chi connectivity index (χ0) is 8.27. The van der Waals surface area contributed by atoms with Gasteiger partial charge in [-0.2, -0.15) is 0 Å². The van der Waals surface area contributed by atoms with E-state index in [2.05, 4.69) is 23.8 Å². The molecular weight excluding hydrogens is 138 g/mol. The summed E-state index contributed by atoms with van der Waals surface area (Å²) in [5.74, 6) is 0.421. The van der Waals surface area contributed by atoms with Gasteiger partial charge in [0.1, 0.15) is 6.33 Å². The smallest absolute Gasteiger partial charge is 0.115 e. The topological polar surface area (TPSA) is 51.8 Å². The van der Waals surface area contributed by atoms with Gasteiger partial charge in [0.25, 0.3) is 0 Å². The van der Waals surface area contributed by atoms with Crippen LogP contribution in [0.15, 0.2) is 18.6 Å². The number of rotatable bonds is 2. The summed E-state index contributed by atoms with van der Waals surface area (Å²) in [6, 6.07) is 1.88. The van der Waals surface area contributed by atoms with Gasteiger partial charge in [0, 0.05) is 12.2 Å². The van der Waals surface area contributed by atoms with Crippen LogP contribution in [0.1, 0.15) is 25.6 Å². The number of nitrogens with two attached hydrogens (primary N) is 1. The number of hydrogen-bond donors (Lipinski definition) is 1. The molecule has 2 N–H and O–H groups in total. The van der Waals surface area contributed by atoms with Crippen molar-refractivity contribution in [3.8, 4) is 0 Å². The molecule has 0 saturated heterocycles. The average molecular weight is 151 g/mol. The molecule has 0 aliphatic rings. The van der Waals surface area contributed by atoms with Crippen LogP contribution in [0.25, 0.3) is 0 Å². The van der Waals surface area contributed by atoms with Crippen LogP contribution >= 0.6 is 0 Å². The molecule has 11 heavy (non-hydrogen) atoms. The summed E-state index contributed by atoms with van der Waals surface area (Å²) in [5.41, 5.74) is 6.76. The normalized spacial score (nSPS) is 13.5. The first-order chi connectivity index (χ1) is 5.22. The van der Waals surface area contributed by atoms with E-state index in [1.54, 1.807) is 6.20 Å². The standard InChI is InChI=1S/C8H13N3/c1-6(2)8(9)7-3-4-10-5-11-7/h3-6,8H,9H2,1-2H3. The monoisotopic (exact) mass is 151 g/mol. The van der Waals surface area contributed by atoms with Crippen LogP contribution in [0.3, 0.4) is 0 Å². The van der Waals surface area contributed by atoms with Gasteiger partial charge in [-0.1, -0.05) is 13.8 Å². The van der Waals surface area contributed by atoms with Gasteiger partial charge in [0.05, 0.1) is 5.69 Å². The molecular formula is C8H13N3. The van der Waals surface area contributed by atoms with E-state index in [-0.39, 0.29) is 6.04 Å². The first kappa shape index (κ1) is 8.14. The van der Waals surface area contributed by atoms with Crippen molar-refractivity contribution >= 4 is 0 Å². The molecule has 0 spiro atoms. The summed E-state index contributed by atoms with van der Waals surface area (Å²) >= 11 is 0. The van der Waals surface area contributed by atoms with Gasteiger partial charge in [-0.3, -0.25) is 0 Å². The Balaban J connectivity index is 2.77. The van der Waals surface area contributed by atoms with Gasteiger partial charge in [0.2, 0.25) is 0 Å². The SMILES string of the molecule is CC(C)C(N)c1ccncn1. The molecule has 3 nitrogen and oxygen atoms in total. The van der Waals surface area contributed by atoms with Gasteiger partial charge in [-0.25, -0.2) is 9.97 Å². The maximum Gasteiger partial charge on any atom is 0.115 e. The highest BCUT2D eigenvalue weighted by Gasteiger charge is 2.10. The van der Waals surface area contributed by atoms with Crippen LogP contribution in [0.4, 0.5) is 0 Å². The average Bonchev–Trinajstić information content (AvgIpc) is 2.05. The fraction of sp³-hybridized carbons (Fsp3) is 0.500. The minimum absolute atomic E-state index is 0.0259. The molecule has 1 rings (SSSR count). The number of aromatic nitrogens is 2. The second-order valence-corrected chi connectivity index (χ2v) is 2.90.